The summed E-state index contributed by atoms with van der Waals surface area (Å²) in [7, 11) is 0. The lowest BCUT2D eigenvalue weighted by molar-refractivity contribution is -0.120. The first-order chi connectivity index (χ1) is 9.65. The predicted molar refractivity (Wildman–Crippen MR) is 83.2 cm³/mol. The zero-order valence-corrected chi connectivity index (χ0v) is 12.9. The highest BCUT2D eigenvalue weighted by Gasteiger charge is 2.22. The van der Waals surface area contributed by atoms with Crippen molar-refractivity contribution in [3.63, 3.8) is 0 Å². The summed E-state index contributed by atoms with van der Waals surface area (Å²) in [6.07, 6.45) is 3.01. The quantitative estimate of drug-likeness (QED) is 0.793. The van der Waals surface area contributed by atoms with E-state index < -0.39 is 0 Å². The summed E-state index contributed by atoms with van der Waals surface area (Å²) >= 11 is 7.66. The van der Waals surface area contributed by atoms with Crippen molar-refractivity contribution < 1.29 is 9.90 Å². The van der Waals surface area contributed by atoms with E-state index in [0.29, 0.717) is 18.9 Å². The van der Waals surface area contributed by atoms with Crippen LogP contribution >= 0.6 is 23.4 Å². The molecule has 1 aromatic rings. The van der Waals surface area contributed by atoms with Crippen molar-refractivity contribution >= 4 is 29.3 Å². The second-order valence-corrected chi connectivity index (χ2v) is 6.71. The fraction of sp³-hybridized carbons (Fsp3) is 0.533. The number of hydrogen-bond acceptors (Lipinski definition) is 3. The van der Waals surface area contributed by atoms with Crippen molar-refractivity contribution in [1.29, 1.82) is 0 Å². The highest BCUT2D eigenvalue weighted by atomic mass is 35.5. The van der Waals surface area contributed by atoms with Crippen LogP contribution in [0.3, 0.4) is 0 Å². The van der Waals surface area contributed by atoms with Gasteiger partial charge in [0, 0.05) is 23.6 Å². The Balaban J connectivity index is 1.62. The smallest absolute Gasteiger partial charge is 0.220 e. The van der Waals surface area contributed by atoms with Gasteiger partial charge in [0.25, 0.3) is 0 Å². The third kappa shape index (κ3) is 5.00. The Bertz CT molecular complexity index is 455. The molecule has 1 aromatic carbocycles. The van der Waals surface area contributed by atoms with Crippen LogP contribution in [0.15, 0.2) is 29.2 Å². The van der Waals surface area contributed by atoms with E-state index in [2.05, 4.69) is 5.32 Å². The molecule has 0 spiro atoms. The minimum atomic E-state index is -0.173. The van der Waals surface area contributed by atoms with Crippen molar-refractivity contribution in [2.45, 2.75) is 36.7 Å². The maximum Gasteiger partial charge on any atom is 0.220 e. The monoisotopic (exact) mass is 313 g/mol. The fourth-order valence-corrected chi connectivity index (χ4v) is 3.58. The van der Waals surface area contributed by atoms with Crippen LogP contribution in [0, 0.1) is 5.92 Å². The van der Waals surface area contributed by atoms with Crippen LogP contribution in [-0.4, -0.2) is 29.4 Å². The summed E-state index contributed by atoms with van der Waals surface area (Å²) in [6.45, 7) is 0.687. The molecule has 110 valence electrons. The number of aliphatic hydroxyl groups is 1. The topological polar surface area (TPSA) is 49.3 Å². The molecule has 2 N–H and O–H groups in total. The number of carbonyl (C=O) groups excluding carboxylic acids is 1. The molecular weight excluding hydrogens is 294 g/mol. The fourth-order valence-electron chi connectivity index (χ4n) is 2.40. The number of benzene rings is 1. The van der Waals surface area contributed by atoms with Crippen molar-refractivity contribution in [2.24, 2.45) is 5.92 Å². The minimum Gasteiger partial charge on any atom is -0.393 e. The molecule has 0 saturated heterocycles. The van der Waals surface area contributed by atoms with Gasteiger partial charge in [-0.3, -0.25) is 4.79 Å². The molecule has 5 heteroatoms. The van der Waals surface area contributed by atoms with Crippen LogP contribution in [0.1, 0.15) is 25.7 Å². The van der Waals surface area contributed by atoms with Gasteiger partial charge in [-0.05, 0) is 37.3 Å². The van der Waals surface area contributed by atoms with Gasteiger partial charge in [-0.1, -0.05) is 23.7 Å². The summed E-state index contributed by atoms with van der Waals surface area (Å²) in [5.41, 5.74) is 0. The van der Waals surface area contributed by atoms with Gasteiger partial charge in [0.15, 0.2) is 0 Å². The molecular formula is C15H20ClNO2S. The Morgan fingerprint density at radius 3 is 2.90 bits per heavy atom. The first-order valence-electron chi connectivity index (χ1n) is 6.97. The molecule has 20 heavy (non-hydrogen) atoms. The molecule has 0 heterocycles. The van der Waals surface area contributed by atoms with Crippen LogP contribution in [0.5, 0.6) is 0 Å². The number of thioether (sulfide) groups is 1. The van der Waals surface area contributed by atoms with E-state index in [0.717, 1.165) is 34.9 Å². The second kappa shape index (κ2) is 7.91. The Hall–Kier alpha value is -0.710. The maximum atomic E-state index is 11.7. The highest BCUT2D eigenvalue weighted by molar-refractivity contribution is 7.99. The zero-order chi connectivity index (χ0) is 14.4. The van der Waals surface area contributed by atoms with Gasteiger partial charge in [-0.25, -0.2) is 0 Å². The summed E-state index contributed by atoms with van der Waals surface area (Å²) in [6, 6.07) is 7.66. The van der Waals surface area contributed by atoms with Crippen LogP contribution < -0.4 is 5.32 Å². The maximum absolute atomic E-state index is 11.7. The van der Waals surface area contributed by atoms with Crippen molar-refractivity contribution in [2.75, 3.05) is 12.3 Å². The predicted octanol–water partition coefficient (Wildman–Crippen LogP) is 3.10. The molecule has 0 aromatic heterocycles. The van der Waals surface area contributed by atoms with Gasteiger partial charge < -0.3 is 10.4 Å². The zero-order valence-electron chi connectivity index (χ0n) is 11.3. The molecule has 1 saturated carbocycles. The number of hydrogen-bond donors (Lipinski definition) is 2. The number of amides is 1. The lowest BCUT2D eigenvalue weighted by atomic mass is 10.1. The van der Waals surface area contributed by atoms with Gasteiger partial charge in [-0.15, -0.1) is 11.8 Å². The lowest BCUT2D eigenvalue weighted by Gasteiger charge is -2.10. The summed E-state index contributed by atoms with van der Waals surface area (Å²) in [5, 5.41) is 13.1. The van der Waals surface area contributed by atoms with Crippen molar-refractivity contribution in [1.82, 2.24) is 5.32 Å². The van der Waals surface area contributed by atoms with E-state index >= 15 is 0 Å². The normalized spacial score (nSPS) is 21.9. The molecule has 0 bridgehead atoms. The van der Waals surface area contributed by atoms with Gasteiger partial charge in [-0.2, -0.15) is 0 Å². The number of nitrogens with one attached hydrogen (secondary N) is 1. The summed E-state index contributed by atoms with van der Waals surface area (Å²) in [5.74, 6) is 1.24. The van der Waals surface area contributed by atoms with Crippen molar-refractivity contribution in [3.05, 3.63) is 29.3 Å². The molecule has 1 aliphatic rings. The Kier molecular flexibility index (Phi) is 6.20. The van der Waals surface area contributed by atoms with E-state index in [9.17, 15) is 9.90 Å². The number of aliphatic hydroxyl groups excluding tert-OH is 1. The van der Waals surface area contributed by atoms with Crippen LogP contribution in [0.25, 0.3) is 0 Å². The lowest BCUT2D eigenvalue weighted by Crippen LogP contribution is -2.28. The van der Waals surface area contributed by atoms with E-state index in [1.54, 1.807) is 11.8 Å². The Morgan fingerprint density at radius 2 is 2.20 bits per heavy atom. The van der Waals surface area contributed by atoms with Gasteiger partial charge >= 0.3 is 0 Å². The first kappa shape index (κ1) is 15.7. The molecule has 0 radical (unpaired) electrons. The molecule has 2 atom stereocenters. The van der Waals surface area contributed by atoms with Gasteiger partial charge in [0.05, 0.1) is 11.1 Å². The number of carbonyl (C=O) groups is 1. The van der Waals surface area contributed by atoms with E-state index in [4.69, 9.17) is 11.6 Å². The second-order valence-electron chi connectivity index (χ2n) is 5.17. The number of rotatable bonds is 6. The Morgan fingerprint density at radius 1 is 1.40 bits per heavy atom. The molecule has 1 aliphatic carbocycles. The van der Waals surface area contributed by atoms with Crippen LogP contribution in [0.4, 0.5) is 0 Å². The minimum absolute atomic E-state index is 0.0749. The molecule has 1 fully saturated rings. The molecule has 0 aliphatic heterocycles. The average molecular weight is 314 g/mol. The standard InChI is InChI=1S/C15H20ClNO2S/c16-13-3-1-2-4-14(13)20-8-7-15(19)17-10-11-5-6-12(18)9-11/h1-4,11-12,18H,5-10H2,(H,17,19). The molecule has 2 rings (SSSR count). The van der Waals surface area contributed by atoms with E-state index in [1.807, 2.05) is 24.3 Å². The van der Waals surface area contributed by atoms with Crippen LogP contribution in [-0.2, 0) is 4.79 Å². The molecule has 2 unspecified atom stereocenters. The SMILES string of the molecule is O=C(CCSc1ccccc1Cl)NCC1CCC(O)C1. The summed E-state index contributed by atoms with van der Waals surface area (Å²) < 4.78 is 0. The third-order valence-electron chi connectivity index (χ3n) is 3.52. The number of halogens is 1. The molecule has 3 nitrogen and oxygen atoms in total. The van der Waals surface area contributed by atoms with Crippen molar-refractivity contribution in [3.8, 4) is 0 Å². The van der Waals surface area contributed by atoms with Gasteiger partial charge in [0.1, 0.15) is 0 Å². The summed E-state index contributed by atoms with van der Waals surface area (Å²) in [4.78, 5) is 12.8. The third-order valence-corrected chi connectivity index (χ3v) is 5.04. The molecule has 1 amide bonds. The largest absolute Gasteiger partial charge is 0.393 e. The van der Waals surface area contributed by atoms with E-state index in [1.165, 1.54) is 0 Å². The van der Waals surface area contributed by atoms with Crippen LogP contribution in [0.2, 0.25) is 5.02 Å². The van der Waals surface area contributed by atoms with E-state index in [-0.39, 0.29) is 12.0 Å². The highest BCUT2D eigenvalue weighted by Crippen LogP contribution is 2.27. The van der Waals surface area contributed by atoms with Gasteiger partial charge in [0.2, 0.25) is 5.91 Å². The Labute approximate surface area is 129 Å². The average Bonchev–Trinajstić information content (AvgIpc) is 2.84. The first-order valence-corrected chi connectivity index (χ1v) is 8.33.